The molecule has 1 saturated heterocycles. The van der Waals surface area contributed by atoms with E-state index in [-0.39, 0.29) is 23.8 Å². The number of aliphatic hydroxyl groups is 1. The lowest BCUT2D eigenvalue weighted by Crippen LogP contribution is -2.51. The highest BCUT2D eigenvalue weighted by Gasteiger charge is 2.50. The van der Waals surface area contributed by atoms with Gasteiger partial charge in [-0.15, -0.1) is 0 Å². The topological polar surface area (TPSA) is 120 Å². The molecule has 3 aliphatic rings. The zero-order valence-electron chi connectivity index (χ0n) is 21.6. The molecule has 0 radical (unpaired) electrons. The monoisotopic (exact) mass is 511 g/mol. The number of nitrogens with one attached hydrogen (secondary N) is 3. The predicted octanol–water partition coefficient (Wildman–Crippen LogP) is 2.19. The molecule has 10 heteroatoms. The Labute approximate surface area is 215 Å². The van der Waals surface area contributed by atoms with Crippen molar-refractivity contribution in [2.75, 3.05) is 35.5 Å². The average molecular weight is 512 g/mol. The van der Waals surface area contributed by atoms with Crippen LogP contribution in [0, 0.1) is 5.92 Å². The number of ether oxygens (including phenoxy) is 5. The van der Waals surface area contributed by atoms with Crippen molar-refractivity contribution in [1.82, 2.24) is 16.2 Å². The van der Waals surface area contributed by atoms with Crippen LogP contribution in [0.25, 0.3) is 0 Å². The Morgan fingerprint density at radius 1 is 0.784 bits per heavy atom. The number of carbonyl (C=O) groups excluding carboxylic acids is 1. The van der Waals surface area contributed by atoms with Crippen LogP contribution in [0.5, 0.6) is 28.7 Å². The number of hydrogen-bond acceptors (Lipinski definition) is 10. The average Bonchev–Trinajstić information content (AvgIpc) is 3.30. The van der Waals surface area contributed by atoms with E-state index in [4.69, 9.17) is 23.7 Å². The Bertz CT molecular complexity index is 1230. The van der Waals surface area contributed by atoms with Gasteiger partial charge in [-0.25, -0.2) is 10.9 Å². The summed E-state index contributed by atoms with van der Waals surface area (Å²) in [4.78, 5) is 13.9. The lowest BCUT2D eigenvalue weighted by atomic mass is 9.68. The highest BCUT2D eigenvalue weighted by molar-refractivity contribution is 5.99. The minimum Gasteiger partial charge on any atom is -0.496 e. The molecule has 3 unspecified atom stereocenters. The molecule has 4 N–H and O–H groups in total. The Kier molecular flexibility index (Phi) is 6.89. The normalized spacial score (nSPS) is 26.6. The molecule has 2 aromatic rings. The fraction of sp³-hybridized carbons (Fsp3) is 0.444. The fourth-order valence-corrected chi connectivity index (χ4v) is 5.87. The van der Waals surface area contributed by atoms with Gasteiger partial charge in [-0.1, -0.05) is 6.07 Å². The molecule has 5 rings (SSSR count). The summed E-state index contributed by atoms with van der Waals surface area (Å²) < 4.78 is 27.6. The summed E-state index contributed by atoms with van der Waals surface area (Å²) in [7, 11) is 7.90. The quantitative estimate of drug-likeness (QED) is 0.440. The van der Waals surface area contributed by atoms with Crippen LogP contribution >= 0.6 is 0 Å². The molecular weight excluding hydrogens is 478 g/mol. The number of allylic oxidation sites excluding steroid dienone is 2. The zero-order chi connectivity index (χ0) is 26.3. The van der Waals surface area contributed by atoms with Crippen LogP contribution in [0.1, 0.15) is 35.8 Å². The predicted molar refractivity (Wildman–Crippen MR) is 135 cm³/mol. The molecule has 2 aliphatic heterocycles. The maximum absolute atomic E-state index is 13.9. The van der Waals surface area contributed by atoms with Crippen molar-refractivity contribution in [3.8, 4) is 28.7 Å². The van der Waals surface area contributed by atoms with Crippen molar-refractivity contribution in [1.29, 1.82) is 0 Å². The molecule has 5 atom stereocenters. The third-order valence-electron chi connectivity index (χ3n) is 7.62. The molecule has 2 aromatic carbocycles. The van der Waals surface area contributed by atoms with Gasteiger partial charge in [0, 0.05) is 41.2 Å². The molecule has 1 fully saturated rings. The number of benzene rings is 2. The number of Topliss-reactive ketones (excluding diaryl/α,β-unsaturated/α-hetero) is 1. The SMILES string of the molecule is COc1ccc([C@H]2CC(=O)C3=C(C2)NC2NNC(O)C2[C@@H]3c2cc(OC)c(OC)cc2OC)cc1OC. The molecule has 1 aliphatic carbocycles. The molecule has 0 aromatic heterocycles. The highest BCUT2D eigenvalue weighted by atomic mass is 16.5. The van der Waals surface area contributed by atoms with Crippen LogP contribution in [-0.2, 0) is 4.79 Å². The number of ketones is 1. The largest absolute Gasteiger partial charge is 0.496 e. The first-order valence-corrected chi connectivity index (χ1v) is 12.2. The van der Waals surface area contributed by atoms with Crippen molar-refractivity contribution in [2.24, 2.45) is 5.92 Å². The Morgan fingerprint density at radius 2 is 1.43 bits per heavy atom. The second-order valence-electron chi connectivity index (χ2n) is 9.39. The van der Waals surface area contributed by atoms with Gasteiger partial charge in [-0.3, -0.25) is 4.79 Å². The minimum atomic E-state index is -0.884. The Morgan fingerprint density at radius 3 is 2.11 bits per heavy atom. The zero-order valence-corrected chi connectivity index (χ0v) is 21.6. The van der Waals surface area contributed by atoms with Crippen LogP contribution in [0.4, 0.5) is 0 Å². The number of hydrogen-bond donors (Lipinski definition) is 4. The lowest BCUT2D eigenvalue weighted by Gasteiger charge is -2.42. The van der Waals surface area contributed by atoms with E-state index in [0.29, 0.717) is 47.2 Å². The van der Waals surface area contributed by atoms with Crippen LogP contribution in [0.15, 0.2) is 41.6 Å². The van der Waals surface area contributed by atoms with Crippen molar-refractivity contribution in [2.45, 2.75) is 37.1 Å². The summed E-state index contributed by atoms with van der Waals surface area (Å²) in [5, 5.41) is 14.4. The molecule has 0 amide bonds. The van der Waals surface area contributed by atoms with Gasteiger partial charge in [0.05, 0.1) is 41.7 Å². The van der Waals surface area contributed by atoms with E-state index in [1.54, 1.807) is 41.6 Å². The van der Waals surface area contributed by atoms with Gasteiger partial charge in [0.15, 0.2) is 28.8 Å². The summed E-state index contributed by atoms with van der Waals surface area (Å²) in [6.07, 6.45) is -0.223. The standard InChI is InChI=1S/C27H33N3O7/c1-33-18-7-6-13(10-20(18)35-3)14-8-16-24(17(31)9-14)23(25-26(28-16)29-30-27(25)32)15-11-21(36-4)22(37-5)12-19(15)34-2/h6-7,10-12,14,23,25-30,32H,8-9H2,1-5H3/t14-,23-,25?,26?,27?/m1/s1. The number of hydrazine groups is 1. The van der Waals surface area contributed by atoms with E-state index in [1.165, 1.54) is 0 Å². The molecule has 0 bridgehead atoms. The van der Waals surface area contributed by atoms with Crippen molar-refractivity contribution in [3.63, 3.8) is 0 Å². The van der Waals surface area contributed by atoms with E-state index < -0.39 is 12.1 Å². The number of methoxy groups -OCH3 is 5. The minimum absolute atomic E-state index is 0.0212. The first kappa shape index (κ1) is 25.2. The third kappa shape index (κ3) is 4.24. The summed E-state index contributed by atoms with van der Waals surface area (Å²) in [5.74, 6) is 2.05. The summed E-state index contributed by atoms with van der Waals surface area (Å²) in [6.45, 7) is 0. The van der Waals surface area contributed by atoms with E-state index in [9.17, 15) is 9.90 Å². The second-order valence-corrected chi connectivity index (χ2v) is 9.39. The molecular formula is C27H33N3O7. The van der Waals surface area contributed by atoms with Gasteiger partial charge in [0.1, 0.15) is 12.0 Å². The van der Waals surface area contributed by atoms with Gasteiger partial charge in [-0.2, -0.15) is 0 Å². The van der Waals surface area contributed by atoms with Crippen molar-refractivity contribution < 1.29 is 33.6 Å². The Hall–Kier alpha value is -3.47. The van der Waals surface area contributed by atoms with Crippen LogP contribution in [-0.4, -0.2) is 58.8 Å². The van der Waals surface area contributed by atoms with E-state index in [2.05, 4.69) is 16.2 Å². The first-order valence-electron chi connectivity index (χ1n) is 12.2. The first-order chi connectivity index (χ1) is 17.9. The van der Waals surface area contributed by atoms with Gasteiger partial charge in [0.25, 0.3) is 0 Å². The molecule has 2 heterocycles. The van der Waals surface area contributed by atoms with Gasteiger partial charge >= 0.3 is 0 Å². The summed E-state index contributed by atoms with van der Waals surface area (Å²) >= 11 is 0. The number of rotatable bonds is 7. The highest BCUT2D eigenvalue weighted by Crippen LogP contribution is 2.51. The van der Waals surface area contributed by atoms with E-state index >= 15 is 0 Å². The summed E-state index contributed by atoms with van der Waals surface area (Å²) in [5.41, 5.74) is 9.33. The van der Waals surface area contributed by atoms with Crippen LogP contribution < -0.4 is 39.9 Å². The molecule has 0 spiro atoms. The molecule has 198 valence electrons. The van der Waals surface area contributed by atoms with E-state index in [1.807, 2.05) is 24.3 Å². The van der Waals surface area contributed by atoms with Gasteiger partial charge in [0.2, 0.25) is 0 Å². The van der Waals surface area contributed by atoms with Crippen molar-refractivity contribution >= 4 is 5.78 Å². The van der Waals surface area contributed by atoms with Gasteiger partial charge in [-0.05, 0) is 36.1 Å². The van der Waals surface area contributed by atoms with E-state index in [0.717, 1.165) is 16.8 Å². The molecule has 37 heavy (non-hydrogen) atoms. The van der Waals surface area contributed by atoms with Gasteiger partial charge < -0.3 is 34.1 Å². The number of fused-ring (bicyclic) bond motifs is 1. The summed E-state index contributed by atoms with van der Waals surface area (Å²) in [6, 6.07) is 9.37. The maximum Gasteiger partial charge on any atom is 0.164 e. The van der Waals surface area contributed by atoms with Crippen LogP contribution in [0.2, 0.25) is 0 Å². The second kappa shape index (κ2) is 10.1. The lowest BCUT2D eigenvalue weighted by molar-refractivity contribution is -0.117. The smallest absolute Gasteiger partial charge is 0.164 e. The van der Waals surface area contributed by atoms with Crippen molar-refractivity contribution in [3.05, 3.63) is 52.7 Å². The molecule has 0 saturated carbocycles. The third-order valence-corrected chi connectivity index (χ3v) is 7.62. The number of aliphatic hydroxyl groups excluding tert-OH is 1. The molecule has 10 nitrogen and oxygen atoms in total. The van der Waals surface area contributed by atoms with Crippen LogP contribution in [0.3, 0.4) is 0 Å². The number of carbonyl (C=O) groups is 1. The fourth-order valence-electron chi connectivity index (χ4n) is 5.87. The Balaban J connectivity index is 1.60. The maximum atomic E-state index is 13.9.